The van der Waals surface area contributed by atoms with Gasteiger partial charge in [0.1, 0.15) is 0 Å². The maximum Gasteiger partial charge on any atom is 1.00 e. The van der Waals surface area contributed by atoms with Crippen LogP contribution in [0.5, 0.6) is 0 Å². The van der Waals surface area contributed by atoms with Gasteiger partial charge in [0.05, 0.1) is 6.26 Å². The van der Waals surface area contributed by atoms with E-state index in [-0.39, 0.29) is 31.0 Å². The van der Waals surface area contributed by atoms with Crippen molar-refractivity contribution in [2.24, 2.45) is 0 Å². The molecule has 1 rings (SSSR count). The first-order valence-corrected chi connectivity index (χ1v) is 4.77. The fraction of sp³-hybridized carbons (Fsp3) is 0.143. The first kappa shape index (κ1) is 14.6. The zero-order valence-electron chi connectivity index (χ0n) is 8.14. The summed E-state index contributed by atoms with van der Waals surface area (Å²) in [7, 11) is -3.67. The standard InChI is InChI=1S/C6H6.CH4O3S.Na.H/c1-2-4-6-5-3-1;1-5(2,3)4;;/h1-6H;1H3,(H,2,3,4);;/q;;+1;-1. The van der Waals surface area contributed by atoms with Crippen LogP contribution in [0.3, 0.4) is 0 Å². The van der Waals surface area contributed by atoms with Crippen molar-refractivity contribution in [1.29, 1.82) is 0 Å². The van der Waals surface area contributed by atoms with Gasteiger partial charge in [-0.2, -0.15) is 8.42 Å². The zero-order chi connectivity index (χ0) is 8.74. The monoisotopic (exact) mass is 198 g/mol. The third-order valence-corrected chi connectivity index (χ3v) is 0.667. The summed E-state index contributed by atoms with van der Waals surface area (Å²) in [4.78, 5) is 0. The van der Waals surface area contributed by atoms with Crippen molar-refractivity contribution in [1.82, 2.24) is 0 Å². The van der Waals surface area contributed by atoms with E-state index in [1.165, 1.54) is 0 Å². The van der Waals surface area contributed by atoms with Crippen LogP contribution in [0.25, 0.3) is 0 Å². The third kappa shape index (κ3) is 22.5. The van der Waals surface area contributed by atoms with Gasteiger partial charge in [-0.25, -0.2) is 0 Å². The number of benzene rings is 1. The molecule has 0 heterocycles. The smallest absolute Gasteiger partial charge is 1.00 e. The Morgan fingerprint density at radius 1 is 1.00 bits per heavy atom. The second-order valence-corrected chi connectivity index (χ2v) is 3.35. The summed E-state index contributed by atoms with van der Waals surface area (Å²) in [6.45, 7) is 0. The molecule has 64 valence electrons. The van der Waals surface area contributed by atoms with E-state index in [1.807, 2.05) is 36.4 Å². The molecule has 0 aliphatic carbocycles. The molecule has 0 aliphatic rings. The van der Waals surface area contributed by atoms with Crippen LogP contribution in [-0.2, 0) is 10.1 Å². The van der Waals surface area contributed by atoms with Crippen molar-refractivity contribution in [3.8, 4) is 0 Å². The molecule has 12 heavy (non-hydrogen) atoms. The van der Waals surface area contributed by atoms with Crippen molar-refractivity contribution >= 4 is 10.1 Å². The maximum atomic E-state index is 9.19. The van der Waals surface area contributed by atoms with Crippen molar-refractivity contribution in [3.63, 3.8) is 0 Å². The van der Waals surface area contributed by atoms with Gasteiger partial charge in [0.25, 0.3) is 10.1 Å². The molecule has 0 amide bonds. The SMILES string of the molecule is CS(=O)(=O)O.[H-].[Na+].c1ccccc1. The van der Waals surface area contributed by atoms with Crippen LogP contribution in [0.1, 0.15) is 1.43 Å². The van der Waals surface area contributed by atoms with E-state index in [1.54, 1.807) is 0 Å². The van der Waals surface area contributed by atoms with Gasteiger partial charge < -0.3 is 1.43 Å². The Morgan fingerprint density at radius 3 is 1.17 bits per heavy atom. The largest absolute Gasteiger partial charge is 1.00 e. The zero-order valence-corrected chi connectivity index (χ0v) is 9.95. The Bertz CT molecular complexity index is 240. The summed E-state index contributed by atoms with van der Waals surface area (Å²) in [5.74, 6) is 0. The minimum Gasteiger partial charge on any atom is -1.00 e. The molecule has 0 saturated heterocycles. The maximum absolute atomic E-state index is 9.19. The molecular formula is C7H11NaO3S. The first-order valence-electron chi connectivity index (χ1n) is 2.92. The molecule has 1 N–H and O–H groups in total. The molecule has 0 unspecified atom stereocenters. The molecule has 3 nitrogen and oxygen atoms in total. The average Bonchev–Trinajstić information content (AvgIpc) is 1.88. The average molecular weight is 198 g/mol. The Labute approximate surface area is 96.3 Å². The molecule has 0 spiro atoms. The summed E-state index contributed by atoms with van der Waals surface area (Å²) >= 11 is 0. The molecule has 0 fully saturated rings. The van der Waals surface area contributed by atoms with Crippen molar-refractivity contribution in [2.45, 2.75) is 0 Å². The van der Waals surface area contributed by atoms with E-state index in [0.717, 1.165) is 0 Å². The minimum absolute atomic E-state index is 0. The van der Waals surface area contributed by atoms with Gasteiger partial charge in [0.15, 0.2) is 0 Å². The Kier molecular flexibility index (Phi) is 9.47. The Morgan fingerprint density at radius 2 is 1.08 bits per heavy atom. The first-order chi connectivity index (χ1) is 5.00. The van der Waals surface area contributed by atoms with Crippen LogP contribution in [0, 0.1) is 0 Å². The van der Waals surface area contributed by atoms with E-state index in [9.17, 15) is 8.42 Å². The van der Waals surface area contributed by atoms with Crippen LogP contribution in [0.2, 0.25) is 0 Å². The fourth-order valence-corrected chi connectivity index (χ4v) is 0.385. The minimum atomic E-state index is -3.67. The molecule has 0 bridgehead atoms. The van der Waals surface area contributed by atoms with E-state index in [2.05, 4.69) is 0 Å². The molecule has 0 saturated carbocycles. The molecule has 5 heteroatoms. The predicted octanol–water partition coefficient (Wildman–Crippen LogP) is -1.69. The third-order valence-electron chi connectivity index (χ3n) is 0.667. The van der Waals surface area contributed by atoms with Gasteiger partial charge >= 0.3 is 29.6 Å². The van der Waals surface area contributed by atoms with Gasteiger partial charge in [-0.1, -0.05) is 36.4 Å². The van der Waals surface area contributed by atoms with E-state index in [0.29, 0.717) is 6.26 Å². The number of hydrogen-bond acceptors (Lipinski definition) is 2. The normalized spacial score (nSPS) is 8.83. The Hall–Kier alpha value is 0.130. The molecular weight excluding hydrogens is 187 g/mol. The molecule has 0 aliphatic heterocycles. The topological polar surface area (TPSA) is 54.4 Å². The van der Waals surface area contributed by atoms with Gasteiger partial charge in [0.2, 0.25) is 0 Å². The number of hydrogen-bond donors (Lipinski definition) is 1. The van der Waals surface area contributed by atoms with Gasteiger partial charge in [-0.05, 0) is 0 Å². The predicted molar refractivity (Wildman–Crippen MR) is 45.0 cm³/mol. The number of rotatable bonds is 0. The Balaban J connectivity index is -0.000000136. The summed E-state index contributed by atoms with van der Waals surface area (Å²) in [5.41, 5.74) is 0. The van der Waals surface area contributed by atoms with Crippen LogP contribution in [0.15, 0.2) is 36.4 Å². The molecule has 0 radical (unpaired) electrons. The summed E-state index contributed by atoms with van der Waals surface area (Å²) in [5, 5.41) is 0. The van der Waals surface area contributed by atoms with E-state index in [4.69, 9.17) is 4.55 Å². The van der Waals surface area contributed by atoms with Crippen molar-refractivity contribution in [2.75, 3.05) is 6.26 Å². The molecule has 1 aromatic carbocycles. The molecule has 0 aromatic heterocycles. The van der Waals surface area contributed by atoms with Crippen LogP contribution >= 0.6 is 0 Å². The summed E-state index contributed by atoms with van der Waals surface area (Å²) < 4.78 is 25.9. The summed E-state index contributed by atoms with van der Waals surface area (Å²) in [6.07, 6.45) is 0.715. The van der Waals surface area contributed by atoms with E-state index < -0.39 is 10.1 Å². The molecule has 0 atom stereocenters. The molecule has 1 aromatic rings. The van der Waals surface area contributed by atoms with E-state index >= 15 is 0 Å². The summed E-state index contributed by atoms with van der Waals surface area (Å²) in [6, 6.07) is 12.0. The van der Waals surface area contributed by atoms with Crippen LogP contribution in [-0.4, -0.2) is 19.2 Å². The van der Waals surface area contributed by atoms with Crippen LogP contribution < -0.4 is 29.6 Å². The second-order valence-electron chi connectivity index (χ2n) is 1.89. The van der Waals surface area contributed by atoms with Crippen LogP contribution in [0.4, 0.5) is 0 Å². The van der Waals surface area contributed by atoms with Gasteiger partial charge in [-0.15, -0.1) is 0 Å². The fourth-order valence-electron chi connectivity index (χ4n) is 0.385. The second kappa shape index (κ2) is 7.76. The van der Waals surface area contributed by atoms with Gasteiger partial charge in [0, 0.05) is 0 Å². The van der Waals surface area contributed by atoms with Gasteiger partial charge in [-0.3, -0.25) is 4.55 Å². The van der Waals surface area contributed by atoms with Crippen molar-refractivity contribution in [3.05, 3.63) is 36.4 Å². The van der Waals surface area contributed by atoms with Crippen molar-refractivity contribution < 1.29 is 44.0 Å². The quantitative estimate of drug-likeness (QED) is 0.399.